The molecule has 1 fully saturated rings. The molecule has 1 aromatic heterocycles. The average Bonchev–Trinajstić information content (AvgIpc) is 2.61. The van der Waals surface area contributed by atoms with Gasteiger partial charge in [0.2, 0.25) is 0 Å². The molecule has 0 aliphatic carbocycles. The number of nitrogens with zero attached hydrogens (tertiary/aromatic N) is 2. The summed E-state index contributed by atoms with van der Waals surface area (Å²) < 4.78 is 19.9. The SMILES string of the molecule is O=S(O)c1ccc(NCc2cccc(CN3CCCCC3)c2)nc1. The fourth-order valence-corrected chi connectivity index (χ4v) is 3.32. The zero-order valence-electron chi connectivity index (χ0n) is 13.6. The molecule has 1 atom stereocenters. The largest absolute Gasteiger partial charge is 0.366 e. The molecule has 0 radical (unpaired) electrons. The van der Waals surface area contributed by atoms with Crippen molar-refractivity contribution in [2.75, 3.05) is 18.4 Å². The first kappa shape index (κ1) is 17.1. The van der Waals surface area contributed by atoms with E-state index < -0.39 is 11.1 Å². The summed E-state index contributed by atoms with van der Waals surface area (Å²) in [5.74, 6) is 0.700. The normalized spacial score (nSPS) is 16.7. The maximum atomic E-state index is 10.9. The second-order valence-corrected chi connectivity index (χ2v) is 7.11. The van der Waals surface area contributed by atoms with E-state index in [1.807, 2.05) is 0 Å². The van der Waals surface area contributed by atoms with Crippen LogP contribution in [0, 0.1) is 0 Å². The molecule has 0 spiro atoms. The van der Waals surface area contributed by atoms with Gasteiger partial charge in [-0.15, -0.1) is 0 Å². The highest BCUT2D eigenvalue weighted by atomic mass is 32.2. The Morgan fingerprint density at radius 1 is 1.12 bits per heavy atom. The van der Waals surface area contributed by atoms with E-state index in [0.717, 1.165) is 6.54 Å². The van der Waals surface area contributed by atoms with Crippen LogP contribution in [-0.2, 0) is 24.2 Å². The molecule has 2 aromatic rings. The lowest BCUT2D eigenvalue weighted by molar-refractivity contribution is 0.221. The van der Waals surface area contributed by atoms with E-state index in [2.05, 4.69) is 39.5 Å². The van der Waals surface area contributed by atoms with Gasteiger partial charge in [-0.25, -0.2) is 9.19 Å². The van der Waals surface area contributed by atoms with Crippen LogP contribution < -0.4 is 5.32 Å². The van der Waals surface area contributed by atoms with Crippen LogP contribution in [-0.4, -0.2) is 31.7 Å². The molecule has 1 unspecified atom stereocenters. The Kier molecular flexibility index (Phi) is 5.96. The van der Waals surface area contributed by atoms with Gasteiger partial charge >= 0.3 is 0 Å². The highest BCUT2D eigenvalue weighted by Gasteiger charge is 2.10. The van der Waals surface area contributed by atoms with Gasteiger partial charge in [0, 0.05) is 19.3 Å². The summed E-state index contributed by atoms with van der Waals surface area (Å²) in [6, 6.07) is 11.9. The predicted octanol–water partition coefficient (Wildman–Crippen LogP) is 3.26. The molecule has 24 heavy (non-hydrogen) atoms. The maximum Gasteiger partial charge on any atom is 0.188 e. The number of nitrogens with one attached hydrogen (secondary N) is 1. The minimum atomic E-state index is -1.98. The molecule has 6 heteroatoms. The summed E-state index contributed by atoms with van der Waals surface area (Å²) in [6.07, 6.45) is 5.39. The lowest BCUT2D eigenvalue weighted by Crippen LogP contribution is -2.29. The Labute approximate surface area is 145 Å². The number of aromatic nitrogens is 1. The van der Waals surface area contributed by atoms with Gasteiger partial charge in [-0.1, -0.05) is 30.7 Å². The average molecular weight is 345 g/mol. The number of piperidine rings is 1. The van der Waals surface area contributed by atoms with Crippen molar-refractivity contribution in [2.45, 2.75) is 37.2 Å². The first-order valence-electron chi connectivity index (χ1n) is 8.32. The summed E-state index contributed by atoms with van der Waals surface area (Å²) in [5.41, 5.74) is 2.55. The van der Waals surface area contributed by atoms with E-state index in [0.29, 0.717) is 17.3 Å². The maximum absolute atomic E-state index is 10.9. The van der Waals surface area contributed by atoms with Crippen molar-refractivity contribution >= 4 is 16.9 Å². The summed E-state index contributed by atoms with van der Waals surface area (Å²) in [7, 11) is 0. The van der Waals surface area contributed by atoms with Crippen LogP contribution >= 0.6 is 0 Å². The highest BCUT2D eigenvalue weighted by Crippen LogP contribution is 2.15. The minimum Gasteiger partial charge on any atom is -0.366 e. The Balaban J connectivity index is 1.56. The highest BCUT2D eigenvalue weighted by molar-refractivity contribution is 7.79. The molecule has 0 saturated carbocycles. The molecule has 0 bridgehead atoms. The van der Waals surface area contributed by atoms with Gasteiger partial charge in [-0.05, 0) is 49.2 Å². The van der Waals surface area contributed by atoms with E-state index in [1.54, 1.807) is 12.1 Å². The van der Waals surface area contributed by atoms with Crippen LogP contribution in [0.25, 0.3) is 0 Å². The predicted molar refractivity (Wildman–Crippen MR) is 96.2 cm³/mol. The van der Waals surface area contributed by atoms with E-state index in [1.165, 1.54) is 49.7 Å². The third-order valence-corrected chi connectivity index (χ3v) is 4.90. The quantitative estimate of drug-likeness (QED) is 0.787. The number of hydrogen-bond acceptors (Lipinski definition) is 4. The monoisotopic (exact) mass is 345 g/mol. The number of hydrogen-bond donors (Lipinski definition) is 2. The molecule has 3 rings (SSSR count). The van der Waals surface area contributed by atoms with Gasteiger partial charge < -0.3 is 9.87 Å². The molecule has 128 valence electrons. The van der Waals surface area contributed by atoms with Crippen molar-refractivity contribution in [1.82, 2.24) is 9.88 Å². The Morgan fingerprint density at radius 2 is 1.92 bits per heavy atom. The molecule has 2 N–H and O–H groups in total. The fourth-order valence-electron chi connectivity index (χ4n) is 2.99. The van der Waals surface area contributed by atoms with E-state index in [4.69, 9.17) is 4.55 Å². The van der Waals surface area contributed by atoms with Crippen LogP contribution in [0.1, 0.15) is 30.4 Å². The van der Waals surface area contributed by atoms with Crippen LogP contribution in [0.4, 0.5) is 5.82 Å². The molecule has 5 nitrogen and oxygen atoms in total. The van der Waals surface area contributed by atoms with Crippen molar-refractivity contribution in [3.63, 3.8) is 0 Å². The van der Waals surface area contributed by atoms with Crippen molar-refractivity contribution < 1.29 is 8.76 Å². The number of benzene rings is 1. The van der Waals surface area contributed by atoms with Gasteiger partial charge in [0.15, 0.2) is 11.1 Å². The van der Waals surface area contributed by atoms with Gasteiger partial charge in [0.25, 0.3) is 0 Å². The zero-order chi connectivity index (χ0) is 16.8. The molecular weight excluding hydrogens is 322 g/mol. The van der Waals surface area contributed by atoms with Crippen LogP contribution in [0.2, 0.25) is 0 Å². The number of anilines is 1. The molecular formula is C18H23N3O2S. The lowest BCUT2D eigenvalue weighted by Gasteiger charge is -2.26. The minimum absolute atomic E-state index is 0.309. The first-order chi connectivity index (χ1) is 11.7. The van der Waals surface area contributed by atoms with E-state index in [-0.39, 0.29) is 0 Å². The molecule has 1 saturated heterocycles. The van der Waals surface area contributed by atoms with Gasteiger partial charge in [-0.2, -0.15) is 0 Å². The van der Waals surface area contributed by atoms with Crippen LogP contribution in [0.3, 0.4) is 0 Å². The van der Waals surface area contributed by atoms with Crippen molar-refractivity contribution in [3.8, 4) is 0 Å². The number of likely N-dealkylation sites (tertiary alicyclic amines) is 1. The van der Waals surface area contributed by atoms with Crippen LogP contribution in [0.15, 0.2) is 47.5 Å². The van der Waals surface area contributed by atoms with E-state index >= 15 is 0 Å². The number of rotatable bonds is 6. The van der Waals surface area contributed by atoms with Crippen molar-refractivity contribution in [2.24, 2.45) is 0 Å². The lowest BCUT2D eigenvalue weighted by atomic mass is 10.1. The van der Waals surface area contributed by atoms with Crippen molar-refractivity contribution in [1.29, 1.82) is 0 Å². The van der Waals surface area contributed by atoms with Gasteiger partial charge in [0.05, 0.1) is 4.90 Å². The summed E-state index contributed by atoms with van der Waals surface area (Å²) in [6.45, 7) is 4.10. The summed E-state index contributed by atoms with van der Waals surface area (Å²) in [5, 5.41) is 3.25. The molecule has 1 aliphatic rings. The van der Waals surface area contributed by atoms with Crippen LogP contribution in [0.5, 0.6) is 0 Å². The fraction of sp³-hybridized carbons (Fsp3) is 0.389. The smallest absolute Gasteiger partial charge is 0.188 e. The Hall–Kier alpha value is -1.76. The zero-order valence-corrected chi connectivity index (χ0v) is 14.5. The topological polar surface area (TPSA) is 65.5 Å². The second-order valence-electron chi connectivity index (χ2n) is 6.14. The van der Waals surface area contributed by atoms with Gasteiger partial charge in [0.1, 0.15) is 5.82 Å². The van der Waals surface area contributed by atoms with Crippen molar-refractivity contribution in [3.05, 3.63) is 53.7 Å². The second kappa shape index (κ2) is 8.37. The van der Waals surface area contributed by atoms with Gasteiger partial charge in [-0.3, -0.25) is 4.90 Å². The molecule has 1 aliphatic heterocycles. The molecule has 1 aromatic carbocycles. The standard InChI is InChI=1S/C18H23N3O2S/c22-24(23)17-7-8-18(20-13-17)19-12-15-5-4-6-16(11-15)14-21-9-2-1-3-10-21/h4-8,11,13H,1-3,9-10,12,14H2,(H,19,20)(H,22,23). The third kappa shape index (κ3) is 4.87. The number of pyridine rings is 1. The molecule has 2 heterocycles. The summed E-state index contributed by atoms with van der Waals surface area (Å²) in [4.78, 5) is 6.99. The first-order valence-corrected chi connectivity index (χ1v) is 9.42. The summed E-state index contributed by atoms with van der Waals surface area (Å²) >= 11 is -1.98. The van der Waals surface area contributed by atoms with E-state index in [9.17, 15) is 4.21 Å². The third-order valence-electron chi connectivity index (χ3n) is 4.26. The Bertz CT molecular complexity index is 685. The molecule has 0 amide bonds. The Morgan fingerprint density at radius 3 is 2.62 bits per heavy atom.